The summed E-state index contributed by atoms with van der Waals surface area (Å²) in [5, 5.41) is 18.4. The molecule has 1 atom stereocenters. The number of piperidine rings is 1. The van der Waals surface area contributed by atoms with Gasteiger partial charge < -0.3 is 20.1 Å². The zero-order valence-electron chi connectivity index (χ0n) is 26.3. The molecule has 0 saturated carbocycles. The van der Waals surface area contributed by atoms with Crippen molar-refractivity contribution in [1.82, 2.24) is 44.7 Å². The molecule has 0 aliphatic carbocycles. The third-order valence-electron chi connectivity index (χ3n) is 9.09. The number of halogens is 3. The lowest BCUT2D eigenvalue weighted by Crippen LogP contribution is -2.66. The zero-order chi connectivity index (χ0) is 32.9. The van der Waals surface area contributed by atoms with E-state index in [4.69, 9.17) is 0 Å². The van der Waals surface area contributed by atoms with E-state index in [1.54, 1.807) is 11.1 Å². The molecule has 3 aromatic rings. The fourth-order valence-electron chi connectivity index (χ4n) is 6.53. The number of hydrogen-bond donors (Lipinski definition) is 2. The van der Waals surface area contributed by atoms with Crippen LogP contribution in [-0.4, -0.2) is 115 Å². The molecule has 6 rings (SSSR count). The van der Waals surface area contributed by atoms with Crippen molar-refractivity contribution < 1.29 is 18.0 Å². The molecule has 15 heteroatoms. The van der Waals surface area contributed by atoms with Gasteiger partial charge in [-0.15, -0.1) is 0 Å². The van der Waals surface area contributed by atoms with Gasteiger partial charge in [0.1, 0.15) is 23.2 Å². The number of amidine groups is 1. The van der Waals surface area contributed by atoms with E-state index in [9.17, 15) is 23.2 Å². The molecule has 3 aliphatic heterocycles. The highest BCUT2D eigenvalue weighted by Gasteiger charge is 2.49. The van der Waals surface area contributed by atoms with E-state index >= 15 is 0 Å². The fraction of sp³-hybridized carbons (Fsp3) is 0.548. The first-order valence-electron chi connectivity index (χ1n) is 15.4. The topological polar surface area (TPSA) is 134 Å². The number of likely N-dealkylation sites (N-methyl/N-ethyl adjacent to an activating group) is 1. The van der Waals surface area contributed by atoms with Gasteiger partial charge in [-0.3, -0.25) is 14.4 Å². The smallest absolute Gasteiger partial charge is 0.348 e. The summed E-state index contributed by atoms with van der Waals surface area (Å²) in [5.74, 6) is -1.55. The van der Waals surface area contributed by atoms with Crippen LogP contribution in [-0.2, 0) is 10.3 Å². The maximum Gasteiger partial charge on any atom is 0.449 e. The minimum absolute atomic E-state index is 0.170. The fourth-order valence-corrected chi connectivity index (χ4v) is 6.53. The molecule has 1 unspecified atom stereocenters. The Hall–Kier alpha value is -4.29. The third-order valence-corrected chi connectivity index (χ3v) is 9.09. The number of H-pyrrole nitrogens is 1. The van der Waals surface area contributed by atoms with Crippen molar-refractivity contribution in [2.24, 2.45) is 4.99 Å². The summed E-state index contributed by atoms with van der Waals surface area (Å²) in [6, 6.07) is 3.75. The van der Waals surface area contributed by atoms with Gasteiger partial charge >= 0.3 is 6.18 Å². The molecular weight excluding hydrogens is 599 g/mol. The molecule has 0 bridgehead atoms. The van der Waals surface area contributed by atoms with Gasteiger partial charge in [0.2, 0.25) is 5.84 Å². The highest BCUT2D eigenvalue weighted by atomic mass is 19.4. The van der Waals surface area contributed by atoms with Crippen LogP contribution in [0.4, 0.5) is 13.2 Å². The molecule has 46 heavy (non-hydrogen) atoms. The molecule has 0 aromatic carbocycles. The average molecular weight is 638 g/mol. The summed E-state index contributed by atoms with van der Waals surface area (Å²) in [4.78, 5) is 34.0. The number of hydrogen-bond acceptors (Lipinski definition) is 9. The molecule has 2 saturated heterocycles. The minimum atomic E-state index is -4.69. The van der Waals surface area contributed by atoms with Crippen LogP contribution in [0.5, 0.6) is 0 Å². The lowest BCUT2D eigenvalue weighted by Gasteiger charge is -2.53. The normalized spacial score (nSPS) is 21.1. The molecule has 0 radical (unpaired) electrons. The Morgan fingerprint density at radius 1 is 1.20 bits per heavy atom. The number of carbonyl (C=O) groups is 1. The van der Waals surface area contributed by atoms with Gasteiger partial charge in [-0.1, -0.05) is 0 Å². The largest absolute Gasteiger partial charge is 0.449 e. The van der Waals surface area contributed by atoms with E-state index in [-0.39, 0.29) is 23.8 Å². The third kappa shape index (κ3) is 6.11. The van der Waals surface area contributed by atoms with Crippen LogP contribution in [0, 0.1) is 11.3 Å². The van der Waals surface area contributed by atoms with Crippen LogP contribution in [0.1, 0.15) is 40.0 Å². The Morgan fingerprint density at radius 3 is 2.61 bits per heavy atom. The Labute approximate surface area is 265 Å². The molecule has 3 aliphatic rings. The number of aromatic amines is 1. The van der Waals surface area contributed by atoms with Gasteiger partial charge in [-0.2, -0.15) is 23.5 Å². The van der Waals surface area contributed by atoms with E-state index in [1.807, 2.05) is 43.9 Å². The maximum atomic E-state index is 13.9. The standard InChI is InChI=1S/C31H38F3N11O/c1-29(2,3)39-15-22-13-24(41-28(42(22)4)31(32,33)34)27(46)43-11-6-21(7-12-43)44-17-30(18-44,8-9-35)45-16-20(14-40-45)25-23-5-10-36-26(23)38-19-37-25/h5,10,13-14,16,19,21-22,39H,6-8,11-12,15,17-18H2,1-4H3,(H,36,37,38). The van der Waals surface area contributed by atoms with Crippen LogP contribution >= 0.6 is 0 Å². The van der Waals surface area contributed by atoms with Crippen molar-refractivity contribution in [3.63, 3.8) is 0 Å². The first-order valence-corrected chi connectivity index (χ1v) is 15.4. The number of carbonyl (C=O) groups excluding carboxylic acids is 1. The van der Waals surface area contributed by atoms with Gasteiger partial charge in [0, 0.05) is 74.7 Å². The summed E-state index contributed by atoms with van der Waals surface area (Å²) in [6.07, 6.45) is 5.49. The van der Waals surface area contributed by atoms with Gasteiger partial charge in [-0.05, 0) is 45.8 Å². The molecule has 2 N–H and O–H groups in total. The van der Waals surface area contributed by atoms with E-state index in [0.29, 0.717) is 45.4 Å². The second-order valence-electron chi connectivity index (χ2n) is 13.4. The Morgan fingerprint density at radius 2 is 1.93 bits per heavy atom. The van der Waals surface area contributed by atoms with E-state index < -0.39 is 29.5 Å². The van der Waals surface area contributed by atoms with Crippen LogP contribution in [0.25, 0.3) is 22.3 Å². The molecule has 2 fully saturated rings. The highest BCUT2D eigenvalue weighted by molar-refractivity contribution is 6.00. The van der Waals surface area contributed by atoms with E-state index in [2.05, 4.69) is 41.3 Å². The van der Waals surface area contributed by atoms with Crippen molar-refractivity contribution in [1.29, 1.82) is 5.26 Å². The second-order valence-corrected chi connectivity index (χ2v) is 13.4. The minimum Gasteiger partial charge on any atom is -0.348 e. The van der Waals surface area contributed by atoms with Crippen LogP contribution in [0.15, 0.2) is 47.7 Å². The van der Waals surface area contributed by atoms with Crippen molar-refractivity contribution in [3.05, 3.63) is 42.8 Å². The molecule has 1 amide bonds. The number of aliphatic imine (C=N–C) groups is 1. The number of aromatic nitrogens is 5. The maximum absolute atomic E-state index is 13.9. The molecule has 6 heterocycles. The molecule has 12 nitrogen and oxygen atoms in total. The number of rotatable bonds is 7. The number of amides is 1. The summed E-state index contributed by atoms with van der Waals surface area (Å²) in [7, 11) is 1.35. The summed E-state index contributed by atoms with van der Waals surface area (Å²) < 4.78 is 43.6. The number of fused-ring (bicyclic) bond motifs is 1. The highest BCUT2D eigenvalue weighted by Crippen LogP contribution is 2.37. The van der Waals surface area contributed by atoms with Crippen molar-refractivity contribution >= 4 is 22.8 Å². The summed E-state index contributed by atoms with van der Waals surface area (Å²) >= 11 is 0. The van der Waals surface area contributed by atoms with Crippen molar-refractivity contribution in [2.75, 3.05) is 39.8 Å². The lowest BCUT2D eigenvalue weighted by atomic mass is 9.83. The summed E-state index contributed by atoms with van der Waals surface area (Å²) in [6.45, 7) is 8.11. The van der Waals surface area contributed by atoms with Crippen molar-refractivity contribution in [3.8, 4) is 17.3 Å². The molecule has 244 valence electrons. The Kier molecular flexibility index (Phi) is 8.14. The number of likely N-dealkylation sites (tertiary alicyclic amines) is 2. The zero-order valence-corrected chi connectivity index (χ0v) is 26.3. The molecule has 3 aromatic heterocycles. The summed E-state index contributed by atoms with van der Waals surface area (Å²) in [5.41, 5.74) is 1.38. The van der Waals surface area contributed by atoms with E-state index in [1.165, 1.54) is 19.5 Å². The van der Waals surface area contributed by atoms with Gasteiger partial charge in [0.05, 0.1) is 30.4 Å². The van der Waals surface area contributed by atoms with Crippen LogP contribution in [0.3, 0.4) is 0 Å². The first-order chi connectivity index (χ1) is 21.8. The first kappa shape index (κ1) is 31.7. The quantitative estimate of drug-likeness (QED) is 0.403. The van der Waals surface area contributed by atoms with Gasteiger partial charge in [0.15, 0.2) is 0 Å². The predicted molar refractivity (Wildman–Crippen MR) is 165 cm³/mol. The SMILES string of the molecule is CN1C(C(F)(F)F)=NC(C(=O)N2CCC(N3CC(CC#N)(n4cc(-c5ncnc6[nH]ccc56)cn4)C3)CC2)=CC1CNC(C)(C)C. The second kappa shape index (κ2) is 11.8. The van der Waals surface area contributed by atoms with Crippen LogP contribution < -0.4 is 5.32 Å². The van der Waals surface area contributed by atoms with E-state index in [0.717, 1.165) is 27.2 Å². The number of nitrogens with zero attached hydrogens (tertiary/aromatic N) is 9. The predicted octanol–water partition coefficient (Wildman–Crippen LogP) is 3.28. The van der Waals surface area contributed by atoms with Gasteiger partial charge in [0.25, 0.3) is 5.91 Å². The Balaban J connectivity index is 1.10. The van der Waals surface area contributed by atoms with Crippen molar-refractivity contribution in [2.45, 2.75) is 69.4 Å². The lowest BCUT2D eigenvalue weighted by molar-refractivity contribution is -0.129. The molecular formula is C31H38F3N11O. The number of nitrogens with one attached hydrogen (secondary N) is 2. The van der Waals surface area contributed by atoms with Gasteiger partial charge in [-0.25, -0.2) is 15.0 Å². The monoisotopic (exact) mass is 637 g/mol. The molecule has 0 spiro atoms. The number of alkyl halides is 3. The number of nitriles is 1. The Bertz CT molecular complexity index is 1700. The van der Waals surface area contributed by atoms with Crippen LogP contribution in [0.2, 0.25) is 0 Å². The average Bonchev–Trinajstić information content (AvgIpc) is 3.67.